The minimum absolute atomic E-state index is 0.0394. The molecule has 100 valence electrons. The largest absolute Gasteiger partial charge is 0.341 e. The Hall–Kier alpha value is -1.02. The molecule has 0 bridgehead atoms. The summed E-state index contributed by atoms with van der Waals surface area (Å²) in [5, 5.41) is -0.610. The number of hydrogen-bond donors (Lipinski definition) is 0. The summed E-state index contributed by atoms with van der Waals surface area (Å²) >= 11 is 6.25. The molecule has 0 aliphatic carbocycles. The van der Waals surface area contributed by atoms with E-state index in [2.05, 4.69) is 20.8 Å². The lowest BCUT2D eigenvalue weighted by atomic mass is 9.87. The van der Waals surface area contributed by atoms with Crippen LogP contribution in [0.25, 0.3) is 0 Å². The van der Waals surface area contributed by atoms with Crippen LogP contribution in [-0.4, -0.2) is 23.9 Å². The first kappa shape index (κ1) is 15.0. The molecule has 0 fully saturated rings. The van der Waals surface area contributed by atoms with Crippen molar-refractivity contribution in [2.24, 2.45) is 5.41 Å². The lowest BCUT2D eigenvalue weighted by Gasteiger charge is -2.36. The summed E-state index contributed by atoms with van der Waals surface area (Å²) in [6.45, 7) is 8.40. The fourth-order valence-corrected chi connectivity index (χ4v) is 2.01. The van der Waals surface area contributed by atoms with E-state index in [-0.39, 0.29) is 17.4 Å². The summed E-state index contributed by atoms with van der Waals surface area (Å²) in [5.41, 5.74) is 0.884. The molecule has 2 unspecified atom stereocenters. The molecule has 3 heteroatoms. The van der Waals surface area contributed by atoms with Gasteiger partial charge in [-0.15, -0.1) is 11.6 Å². The predicted octanol–water partition coefficient (Wildman–Crippen LogP) is 3.86. The molecule has 1 aromatic rings. The van der Waals surface area contributed by atoms with Crippen molar-refractivity contribution < 1.29 is 4.79 Å². The van der Waals surface area contributed by atoms with Gasteiger partial charge in [-0.05, 0) is 17.9 Å². The highest BCUT2D eigenvalue weighted by Gasteiger charge is 2.30. The third-order valence-corrected chi connectivity index (χ3v) is 3.93. The van der Waals surface area contributed by atoms with Gasteiger partial charge < -0.3 is 4.90 Å². The zero-order chi connectivity index (χ0) is 13.9. The third-order valence-electron chi connectivity index (χ3n) is 3.49. The number of rotatable bonds is 3. The molecule has 2 atom stereocenters. The maximum atomic E-state index is 12.3. The lowest BCUT2D eigenvalue weighted by molar-refractivity contribution is -0.133. The third kappa shape index (κ3) is 3.49. The monoisotopic (exact) mass is 267 g/mol. The fraction of sp³-hybridized carbons (Fsp3) is 0.533. The van der Waals surface area contributed by atoms with Crippen molar-refractivity contribution in [3.63, 3.8) is 0 Å². The maximum Gasteiger partial charge on any atom is 0.245 e. The minimum atomic E-state index is -0.610. The van der Waals surface area contributed by atoms with Gasteiger partial charge in [0.05, 0.1) is 0 Å². The highest BCUT2D eigenvalue weighted by atomic mass is 35.5. The number of alkyl halides is 1. The first-order chi connectivity index (χ1) is 8.25. The smallest absolute Gasteiger partial charge is 0.245 e. The molecule has 1 aromatic carbocycles. The average molecular weight is 268 g/mol. The second-order valence-electron chi connectivity index (χ2n) is 5.76. The van der Waals surface area contributed by atoms with Gasteiger partial charge in [0.1, 0.15) is 5.38 Å². The molecular weight excluding hydrogens is 246 g/mol. The van der Waals surface area contributed by atoms with Gasteiger partial charge in [-0.25, -0.2) is 0 Å². The van der Waals surface area contributed by atoms with Gasteiger partial charge in [0.25, 0.3) is 0 Å². The van der Waals surface area contributed by atoms with E-state index in [9.17, 15) is 4.79 Å². The summed E-state index contributed by atoms with van der Waals surface area (Å²) in [4.78, 5) is 14.1. The van der Waals surface area contributed by atoms with Crippen LogP contribution in [-0.2, 0) is 4.79 Å². The molecule has 0 aliphatic heterocycles. The zero-order valence-corrected chi connectivity index (χ0v) is 12.5. The highest BCUT2D eigenvalue weighted by molar-refractivity contribution is 6.30. The molecule has 0 aliphatic rings. The summed E-state index contributed by atoms with van der Waals surface area (Å²) in [6.07, 6.45) is 0. The van der Waals surface area contributed by atoms with Gasteiger partial charge in [0.2, 0.25) is 5.91 Å². The highest BCUT2D eigenvalue weighted by Crippen LogP contribution is 2.28. The Morgan fingerprint density at radius 3 is 2.17 bits per heavy atom. The number of halogens is 1. The van der Waals surface area contributed by atoms with Crippen molar-refractivity contribution in [1.29, 1.82) is 0 Å². The number of hydrogen-bond acceptors (Lipinski definition) is 1. The Labute approximate surface area is 115 Å². The molecule has 0 N–H and O–H groups in total. The van der Waals surface area contributed by atoms with Crippen molar-refractivity contribution in [1.82, 2.24) is 4.90 Å². The minimum Gasteiger partial charge on any atom is -0.341 e. The van der Waals surface area contributed by atoms with E-state index in [4.69, 9.17) is 11.6 Å². The maximum absolute atomic E-state index is 12.3. The van der Waals surface area contributed by atoms with Crippen LogP contribution in [0.5, 0.6) is 0 Å². The summed E-state index contributed by atoms with van der Waals surface area (Å²) in [7, 11) is 1.82. The number of carbonyl (C=O) groups is 1. The van der Waals surface area contributed by atoms with E-state index >= 15 is 0 Å². The molecule has 0 spiro atoms. The number of likely N-dealkylation sites (N-methyl/N-ethyl adjacent to an activating group) is 1. The normalized spacial score (nSPS) is 15.0. The van der Waals surface area contributed by atoms with Crippen molar-refractivity contribution >= 4 is 17.5 Å². The van der Waals surface area contributed by atoms with Gasteiger partial charge in [-0.3, -0.25) is 4.79 Å². The standard InChI is InChI=1S/C15H22ClNO/c1-11(15(2,3)4)17(5)14(18)13(16)12-9-7-6-8-10-12/h6-11,13H,1-5H3. The number of benzene rings is 1. The number of nitrogens with zero attached hydrogens (tertiary/aromatic N) is 1. The van der Waals surface area contributed by atoms with Crippen molar-refractivity contribution in [3.05, 3.63) is 35.9 Å². The lowest BCUT2D eigenvalue weighted by Crippen LogP contribution is -2.44. The Balaban J connectivity index is 2.82. The summed E-state index contributed by atoms with van der Waals surface area (Å²) in [6, 6.07) is 9.60. The van der Waals surface area contributed by atoms with Crippen molar-refractivity contribution in [2.45, 2.75) is 39.1 Å². The summed E-state index contributed by atoms with van der Waals surface area (Å²) in [5.74, 6) is -0.0507. The predicted molar refractivity (Wildman–Crippen MR) is 76.7 cm³/mol. The van der Waals surface area contributed by atoms with E-state index in [0.717, 1.165) is 5.56 Å². The molecule has 1 amide bonds. The Morgan fingerprint density at radius 2 is 1.72 bits per heavy atom. The van der Waals surface area contributed by atoms with Crippen LogP contribution in [0.1, 0.15) is 38.6 Å². The molecular formula is C15H22ClNO. The van der Waals surface area contributed by atoms with Crippen LogP contribution in [0, 0.1) is 5.41 Å². The first-order valence-corrected chi connectivity index (χ1v) is 6.64. The van der Waals surface area contributed by atoms with Gasteiger partial charge >= 0.3 is 0 Å². The molecule has 2 nitrogen and oxygen atoms in total. The SMILES string of the molecule is CC(N(C)C(=O)C(Cl)c1ccccc1)C(C)(C)C. The van der Waals surface area contributed by atoms with Gasteiger partial charge in [-0.2, -0.15) is 0 Å². The van der Waals surface area contributed by atoms with E-state index in [1.807, 2.05) is 44.3 Å². The van der Waals surface area contributed by atoms with Crippen LogP contribution >= 0.6 is 11.6 Å². The van der Waals surface area contributed by atoms with E-state index in [1.54, 1.807) is 4.90 Å². The topological polar surface area (TPSA) is 20.3 Å². The summed E-state index contributed by atoms with van der Waals surface area (Å²) < 4.78 is 0. The van der Waals surface area contributed by atoms with Gasteiger partial charge in [0, 0.05) is 13.1 Å². The van der Waals surface area contributed by atoms with Crippen LogP contribution in [0.3, 0.4) is 0 Å². The Bertz CT molecular complexity index is 397. The molecule has 0 saturated heterocycles. The first-order valence-electron chi connectivity index (χ1n) is 6.21. The van der Waals surface area contributed by atoms with E-state index < -0.39 is 5.38 Å². The van der Waals surface area contributed by atoms with Crippen molar-refractivity contribution in [3.8, 4) is 0 Å². The fourth-order valence-electron chi connectivity index (χ4n) is 1.72. The Morgan fingerprint density at radius 1 is 1.22 bits per heavy atom. The second-order valence-corrected chi connectivity index (χ2v) is 6.20. The van der Waals surface area contributed by atoms with Crippen molar-refractivity contribution in [2.75, 3.05) is 7.05 Å². The van der Waals surface area contributed by atoms with Crippen LogP contribution in [0.15, 0.2) is 30.3 Å². The number of amides is 1. The molecule has 18 heavy (non-hydrogen) atoms. The second kappa shape index (κ2) is 5.75. The van der Waals surface area contributed by atoms with Crippen LogP contribution in [0.4, 0.5) is 0 Å². The number of carbonyl (C=O) groups excluding carboxylic acids is 1. The average Bonchev–Trinajstić information content (AvgIpc) is 2.35. The molecule has 0 heterocycles. The van der Waals surface area contributed by atoms with E-state index in [1.165, 1.54) is 0 Å². The van der Waals surface area contributed by atoms with E-state index in [0.29, 0.717) is 0 Å². The van der Waals surface area contributed by atoms with Crippen LogP contribution in [0.2, 0.25) is 0 Å². The Kier molecular flexibility index (Phi) is 4.80. The molecule has 0 aromatic heterocycles. The van der Waals surface area contributed by atoms with Crippen LogP contribution < -0.4 is 0 Å². The molecule has 0 saturated carbocycles. The molecule has 0 radical (unpaired) electrons. The quantitative estimate of drug-likeness (QED) is 0.762. The zero-order valence-electron chi connectivity index (χ0n) is 11.8. The van der Waals surface area contributed by atoms with Gasteiger partial charge in [0.15, 0.2) is 0 Å². The molecule has 1 rings (SSSR count). The van der Waals surface area contributed by atoms with Gasteiger partial charge in [-0.1, -0.05) is 51.1 Å².